The summed E-state index contributed by atoms with van der Waals surface area (Å²) in [6.07, 6.45) is 1.49. The van der Waals surface area contributed by atoms with Crippen LogP contribution in [0.15, 0.2) is 72.4 Å². The molecule has 1 N–H and O–H groups in total. The highest BCUT2D eigenvalue weighted by Crippen LogP contribution is 2.33. The van der Waals surface area contributed by atoms with E-state index in [1.807, 2.05) is 73.7 Å². The average Bonchev–Trinajstić information content (AvgIpc) is 3.07. The van der Waals surface area contributed by atoms with Gasteiger partial charge in [0.05, 0.1) is 12.2 Å². The van der Waals surface area contributed by atoms with E-state index in [2.05, 4.69) is 5.32 Å². The third-order valence-corrected chi connectivity index (χ3v) is 5.56. The van der Waals surface area contributed by atoms with Crippen LogP contribution in [-0.4, -0.2) is 43.6 Å². The Morgan fingerprint density at radius 3 is 2.39 bits per heavy atom. The minimum absolute atomic E-state index is 0.288. The van der Waals surface area contributed by atoms with E-state index in [9.17, 15) is 9.59 Å². The lowest BCUT2D eigenvalue weighted by molar-refractivity contribution is -0.136. The Kier molecular flexibility index (Phi) is 7.05. The van der Waals surface area contributed by atoms with Crippen molar-refractivity contribution >= 4 is 33.8 Å². The van der Waals surface area contributed by atoms with E-state index in [1.54, 1.807) is 7.11 Å². The second-order valence-corrected chi connectivity index (χ2v) is 7.88. The SMILES string of the molecule is CCCOc1ccc(C2=C(Nc3cccc4ccccc34)C(=O)N(CCCOC)C2=O)cc1. The molecule has 6 heteroatoms. The standard InChI is InChI=1S/C27H28N2O4/c1-3-17-33-21-14-12-20(13-15-21)24-25(27(31)29(26(24)30)16-7-18-32-2)28-23-11-6-9-19-8-4-5-10-22(19)23/h4-6,8-15,28H,3,7,16-18H2,1-2H3. The largest absolute Gasteiger partial charge is 0.494 e. The van der Waals surface area contributed by atoms with Gasteiger partial charge in [-0.05, 0) is 42.0 Å². The van der Waals surface area contributed by atoms with E-state index >= 15 is 0 Å². The summed E-state index contributed by atoms with van der Waals surface area (Å²) in [4.78, 5) is 28.0. The summed E-state index contributed by atoms with van der Waals surface area (Å²) < 4.78 is 10.8. The summed E-state index contributed by atoms with van der Waals surface area (Å²) in [6, 6.07) is 21.1. The number of carbonyl (C=O) groups excluding carboxylic acids is 2. The minimum atomic E-state index is -0.328. The quantitative estimate of drug-likeness (QED) is 0.357. The first-order chi connectivity index (χ1) is 16.1. The number of nitrogens with zero attached hydrogens (tertiary/aromatic N) is 1. The Hall–Kier alpha value is -3.64. The second kappa shape index (κ2) is 10.3. The molecular formula is C27H28N2O4. The van der Waals surface area contributed by atoms with E-state index in [-0.39, 0.29) is 17.5 Å². The maximum absolute atomic E-state index is 13.4. The first-order valence-electron chi connectivity index (χ1n) is 11.2. The van der Waals surface area contributed by atoms with Gasteiger partial charge in [0.15, 0.2) is 0 Å². The first-order valence-corrected chi connectivity index (χ1v) is 11.2. The van der Waals surface area contributed by atoms with Crippen molar-refractivity contribution in [2.45, 2.75) is 19.8 Å². The van der Waals surface area contributed by atoms with E-state index in [4.69, 9.17) is 9.47 Å². The third-order valence-electron chi connectivity index (χ3n) is 5.56. The summed E-state index contributed by atoms with van der Waals surface area (Å²) in [5.41, 5.74) is 2.11. The minimum Gasteiger partial charge on any atom is -0.494 e. The predicted octanol–water partition coefficient (Wildman–Crippen LogP) is 4.86. The van der Waals surface area contributed by atoms with E-state index < -0.39 is 0 Å². The number of rotatable bonds is 10. The number of ether oxygens (including phenoxy) is 2. The van der Waals surface area contributed by atoms with Crippen LogP contribution >= 0.6 is 0 Å². The molecule has 3 aromatic carbocycles. The van der Waals surface area contributed by atoms with E-state index in [1.165, 1.54) is 4.90 Å². The number of methoxy groups -OCH3 is 1. The number of imide groups is 1. The van der Waals surface area contributed by atoms with Crippen LogP contribution in [0.1, 0.15) is 25.3 Å². The van der Waals surface area contributed by atoms with Crippen molar-refractivity contribution in [2.24, 2.45) is 0 Å². The van der Waals surface area contributed by atoms with Crippen LogP contribution in [0.2, 0.25) is 0 Å². The van der Waals surface area contributed by atoms with Crippen LogP contribution < -0.4 is 10.1 Å². The van der Waals surface area contributed by atoms with Gasteiger partial charge in [-0.15, -0.1) is 0 Å². The zero-order chi connectivity index (χ0) is 23.2. The molecule has 0 saturated carbocycles. The summed E-state index contributed by atoms with van der Waals surface area (Å²) in [5.74, 6) is 0.102. The molecule has 0 unspecified atom stereocenters. The van der Waals surface area contributed by atoms with E-state index in [0.29, 0.717) is 37.3 Å². The molecule has 3 aromatic rings. The second-order valence-electron chi connectivity index (χ2n) is 7.88. The summed E-state index contributed by atoms with van der Waals surface area (Å²) >= 11 is 0. The zero-order valence-electron chi connectivity index (χ0n) is 19.0. The molecule has 0 fully saturated rings. The van der Waals surface area contributed by atoms with Crippen molar-refractivity contribution in [3.8, 4) is 5.75 Å². The summed E-state index contributed by atoms with van der Waals surface area (Å²) in [6.45, 7) is 3.45. The summed E-state index contributed by atoms with van der Waals surface area (Å²) in [5, 5.41) is 5.32. The Morgan fingerprint density at radius 1 is 0.879 bits per heavy atom. The Bertz CT molecular complexity index is 1180. The molecule has 0 bridgehead atoms. The number of anilines is 1. The molecule has 33 heavy (non-hydrogen) atoms. The van der Waals surface area contributed by atoms with Crippen molar-refractivity contribution in [3.63, 3.8) is 0 Å². The van der Waals surface area contributed by atoms with Crippen molar-refractivity contribution in [1.82, 2.24) is 4.90 Å². The van der Waals surface area contributed by atoms with Crippen LogP contribution in [0.25, 0.3) is 16.3 Å². The lowest BCUT2D eigenvalue weighted by atomic mass is 10.0. The van der Waals surface area contributed by atoms with Crippen LogP contribution in [-0.2, 0) is 14.3 Å². The zero-order valence-corrected chi connectivity index (χ0v) is 19.0. The van der Waals surface area contributed by atoms with Gasteiger partial charge in [-0.1, -0.05) is 55.5 Å². The molecule has 1 heterocycles. The fraction of sp³-hybridized carbons (Fsp3) is 0.259. The molecule has 170 valence electrons. The lowest BCUT2D eigenvalue weighted by Gasteiger charge is -2.15. The molecule has 0 aromatic heterocycles. The molecule has 0 spiro atoms. The van der Waals surface area contributed by atoms with Gasteiger partial charge in [0, 0.05) is 31.3 Å². The fourth-order valence-electron chi connectivity index (χ4n) is 3.94. The van der Waals surface area contributed by atoms with Gasteiger partial charge in [0.1, 0.15) is 11.4 Å². The van der Waals surface area contributed by atoms with Gasteiger partial charge in [0.2, 0.25) is 0 Å². The molecule has 2 amide bonds. The normalized spacial score (nSPS) is 13.8. The molecule has 0 atom stereocenters. The molecule has 6 nitrogen and oxygen atoms in total. The lowest BCUT2D eigenvalue weighted by Crippen LogP contribution is -2.33. The van der Waals surface area contributed by atoms with Crippen molar-refractivity contribution < 1.29 is 19.1 Å². The molecular weight excluding hydrogens is 416 g/mol. The average molecular weight is 445 g/mol. The van der Waals surface area contributed by atoms with Crippen molar-refractivity contribution in [1.29, 1.82) is 0 Å². The van der Waals surface area contributed by atoms with Crippen molar-refractivity contribution in [2.75, 3.05) is 32.2 Å². The van der Waals surface area contributed by atoms with Crippen LogP contribution in [0.3, 0.4) is 0 Å². The maximum atomic E-state index is 13.4. The number of nitrogens with one attached hydrogen (secondary N) is 1. The van der Waals surface area contributed by atoms with Crippen molar-refractivity contribution in [3.05, 3.63) is 78.0 Å². The predicted molar refractivity (Wildman–Crippen MR) is 130 cm³/mol. The van der Waals surface area contributed by atoms with Gasteiger partial charge < -0.3 is 14.8 Å². The molecule has 4 rings (SSSR count). The van der Waals surface area contributed by atoms with Gasteiger partial charge in [0.25, 0.3) is 11.8 Å². The molecule has 1 aliphatic rings. The molecule has 0 saturated heterocycles. The molecule has 0 aliphatic carbocycles. The Morgan fingerprint density at radius 2 is 1.64 bits per heavy atom. The first kappa shape index (κ1) is 22.6. The number of carbonyl (C=O) groups is 2. The highest BCUT2D eigenvalue weighted by Gasteiger charge is 2.39. The number of amides is 2. The van der Waals surface area contributed by atoms with E-state index in [0.717, 1.165) is 28.6 Å². The van der Waals surface area contributed by atoms with Gasteiger partial charge in [-0.2, -0.15) is 0 Å². The highest BCUT2D eigenvalue weighted by molar-refractivity contribution is 6.36. The maximum Gasteiger partial charge on any atom is 0.278 e. The Labute approximate surface area is 193 Å². The van der Waals surface area contributed by atoms with Gasteiger partial charge in [-0.3, -0.25) is 14.5 Å². The summed E-state index contributed by atoms with van der Waals surface area (Å²) in [7, 11) is 1.60. The fourth-order valence-corrected chi connectivity index (χ4v) is 3.94. The number of hydrogen-bond donors (Lipinski definition) is 1. The van der Waals surface area contributed by atoms with Crippen LogP contribution in [0.4, 0.5) is 5.69 Å². The highest BCUT2D eigenvalue weighted by atomic mass is 16.5. The van der Waals surface area contributed by atoms with Crippen LogP contribution in [0.5, 0.6) is 5.75 Å². The molecule has 1 aliphatic heterocycles. The Balaban J connectivity index is 1.73. The smallest absolute Gasteiger partial charge is 0.278 e. The number of benzene rings is 3. The van der Waals surface area contributed by atoms with Crippen LogP contribution in [0, 0.1) is 0 Å². The third kappa shape index (κ3) is 4.76. The monoisotopic (exact) mass is 444 g/mol. The topological polar surface area (TPSA) is 67.9 Å². The number of hydrogen-bond acceptors (Lipinski definition) is 5. The molecule has 0 radical (unpaired) electrons. The van der Waals surface area contributed by atoms with Gasteiger partial charge in [-0.25, -0.2) is 0 Å². The van der Waals surface area contributed by atoms with Gasteiger partial charge >= 0.3 is 0 Å². The number of fused-ring (bicyclic) bond motifs is 1.